The van der Waals surface area contributed by atoms with Gasteiger partial charge in [-0.1, -0.05) is 24.3 Å². The second-order valence-electron chi connectivity index (χ2n) is 6.33. The standard InChI is InChI=1S/C17H26N2O3S/c1-15-6-2-3-7-16(15)14-23(21,22)13-8-17(20)18-9-12-19-10-4-5-11-19/h2-3,6-7H,4-5,8-14H2,1H3,(H,18,20)/p+1. The van der Waals surface area contributed by atoms with Gasteiger partial charge in [0.05, 0.1) is 37.7 Å². The number of carbonyl (C=O) groups excluding carboxylic acids is 1. The van der Waals surface area contributed by atoms with Gasteiger partial charge in [-0.3, -0.25) is 4.79 Å². The molecule has 1 aliphatic rings. The number of benzene rings is 1. The maximum Gasteiger partial charge on any atom is 0.221 e. The molecule has 23 heavy (non-hydrogen) atoms. The summed E-state index contributed by atoms with van der Waals surface area (Å²) in [5.41, 5.74) is 1.78. The summed E-state index contributed by atoms with van der Waals surface area (Å²) >= 11 is 0. The minimum atomic E-state index is -3.26. The van der Waals surface area contributed by atoms with E-state index in [0.717, 1.165) is 17.7 Å². The van der Waals surface area contributed by atoms with Crippen LogP contribution < -0.4 is 10.2 Å². The molecule has 2 rings (SSSR count). The second-order valence-corrected chi connectivity index (χ2v) is 8.51. The predicted octanol–water partition coefficient (Wildman–Crippen LogP) is 0.0948. The van der Waals surface area contributed by atoms with Crippen molar-refractivity contribution in [3.05, 3.63) is 35.4 Å². The third kappa shape index (κ3) is 6.31. The van der Waals surface area contributed by atoms with Gasteiger partial charge in [-0.25, -0.2) is 8.42 Å². The molecule has 0 aliphatic carbocycles. The Kier molecular flexibility index (Phi) is 6.59. The highest BCUT2D eigenvalue weighted by Crippen LogP contribution is 2.12. The molecule has 2 N–H and O–H groups in total. The van der Waals surface area contributed by atoms with Gasteiger partial charge in [0.1, 0.15) is 0 Å². The fourth-order valence-electron chi connectivity index (χ4n) is 2.92. The first-order valence-electron chi connectivity index (χ1n) is 8.31. The first kappa shape index (κ1) is 17.9. The Morgan fingerprint density at radius 3 is 2.61 bits per heavy atom. The van der Waals surface area contributed by atoms with Gasteiger partial charge in [0.2, 0.25) is 5.91 Å². The van der Waals surface area contributed by atoms with Crippen molar-refractivity contribution < 1.29 is 18.1 Å². The molecule has 1 amide bonds. The fraction of sp³-hybridized carbons (Fsp3) is 0.588. The summed E-state index contributed by atoms with van der Waals surface area (Å²) in [7, 11) is -3.26. The number of nitrogens with one attached hydrogen (secondary N) is 2. The van der Waals surface area contributed by atoms with Crippen molar-refractivity contribution in [2.45, 2.75) is 31.9 Å². The van der Waals surface area contributed by atoms with Gasteiger partial charge in [0, 0.05) is 19.3 Å². The van der Waals surface area contributed by atoms with Gasteiger partial charge >= 0.3 is 0 Å². The van der Waals surface area contributed by atoms with Crippen molar-refractivity contribution in [2.75, 3.05) is 31.9 Å². The number of amides is 1. The maximum atomic E-state index is 12.2. The summed E-state index contributed by atoms with van der Waals surface area (Å²) in [5.74, 6) is -0.258. The summed E-state index contributed by atoms with van der Waals surface area (Å²) in [4.78, 5) is 13.3. The van der Waals surface area contributed by atoms with E-state index in [2.05, 4.69) is 5.32 Å². The van der Waals surface area contributed by atoms with E-state index in [-0.39, 0.29) is 23.8 Å². The number of likely N-dealkylation sites (tertiary alicyclic amines) is 1. The lowest BCUT2D eigenvalue weighted by Crippen LogP contribution is -3.10. The predicted molar refractivity (Wildman–Crippen MR) is 91.1 cm³/mol. The van der Waals surface area contributed by atoms with Crippen molar-refractivity contribution in [3.8, 4) is 0 Å². The smallest absolute Gasteiger partial charge is 0.221 e. The number of hydrogen-bond acceptors (Lipinski definition) is 3. The van der Waals surface area contributed by atoms with E-state index >= 15 is 0 Å². The minimum absolute atomic E-state index is 0.00484. The summed E-state index contributed by atoms with van der Waals surface area (Å²) in [6, 6.07) is 7.45. The fourth-order valence-corrected chi connectivity index (χ4v) is 4.36. The van der Waals surface area contributed by atoms with E-state index in [1.165, 1.54) is 30.8 Å². The lowest BCUT2D eigenvalue weighted by atomic mass is 10.1. The van der Waals surface area contributed by atoms with Gasteiger partial charge in [-0.05, 0) is 18.1 Å². The van der Waals surface area contributed by atoms with Crippen molar-refractivity contribution in [1.29, 1.82) is 0 Å². The molecule has 1 saturated heterocycles. The normalized spacial score (nSPS) is 15.7. The molecule has 0 bridgehead atoms. The van der Waals surface area contributed by atoms with Crippen LogP contribution in [0.1, 0.15) is 30.4 Å². The molecule has 0 radical (unpaired) electrons. The number of sulfone groups is 1. The van der Waals surface area contributed by atoms with Crippen LogP contribution in [0.4, 0.5) is 0 Å². The molecule has 0 saturated carbocycles. The summed E-state index contributed by atoms with van der Waals surface area (Å²) in [6.45, 7) is 5.83. The maximum absolute atomic E-state index is 12.2. The van der Waals surface area contributed by atoms with Gasteiger partial charge < -0.3 is 10.2 Å². The van der Waals surface area contributed by atoms with Crippen LogP contribution in [0.25, 0.3) is 0 Å². The van der Waals surface area contributed by atoms with Crippen LogP contribution in [-0.2, 0) is 20.4 Å². The summed E-state index contributed by atoms with van der Waals surface area (Å²) in [6.07, 6.45) is 2.57. The van der Waals surface area contributed by atoms with Crippen molar-refractivity contribution in [3.63, 3.8) is 0 Å². The molecule has 1 fully saturated rings. The molecule has 1 aromatic rings. The Bertz CT molecular complexity index is 622. The van der Waals surface area contributed by atoms with Gasteiger partial charge in [0.15, 0.2) is 9.84 Å². The highest BCUT2D eigenvalue weighted by atomic mass is 32.2. The molecule has 0 aromatic heterocycles. The molecule has 0 unspecified atom stereocenters. The van der Waals surface area contributed by atoms with Gasteiger partial charge in [-0.2, -0.15) is 0 Å². The van der Waals surface area contributed by atoms with Crippen LogP contribution in [0.15, 0.2) is 24.3 Å². The number of quaternary nitrogens is 1. The number of rotatable bonds is 8. The molecule has 6 heteroatoms. The minimum Gasteiger partial charge on any atom is -0.350 e. The van der Waals surface area contributed by atoms with Crippen LogP contribution in [0, 0.1) is 6.92 Å². The molecule has 5 nitrogen and oxygen atoms in total. The van der Waals surface area contributed by atoms with Crippen LogP contribution in [-0.4, -0.2) is 46.3 Å². The molecule has 1 aromatic carbocycles. The Morgan fingerprint density at radius 2 is 1.91 bits per heavy atom. The van der Waals surface area contributed by atoms with E-state index in [4.69, 9.17) is 0 Å². The van der Waals surface area contributed by atoms with E-state index in [0.29, 0.717) is 6.54 Å². The molecular weight excluding hydrogens is 312 g/mol. The number of hydrogen-bond donors (Lipinski definition) is 2. The first-order chi connectivity index (χ1) is 11.0. The Labute approximate surface area is 139 Å². The van der Waals surface area contributed by atoms with E-state index in [9.17, 15) is 13.2 Å². The molecule has 128 valence electrons. The zero-order chi connectivity index (χ0) is 16.7. The van der Waals surface area contributed by atoms with Crippen molar-refractivity contribution in [2.24, 2.45) is 0 Å². The molecule has 1 heterocycles. The topological polar surface area (TPSA) is 67.7 Å². The second kappa shape index (κ2) is 8.45. The Morgan fingerprint density at radius 1 is 1.22 bits per heavy atom. The zero-order valence-electron chi connectivity index (χ0n) is 13.8. The van der Waals surface area contributed by atoms with E-state index in [1.54, 1.807) is 0 Å². The largest absolute Gasteiger partial charge is 0.350 e. The lowest BCUT2D eigenvalue weighted by Gasteiger charge is -2.12. The Balaban J connectivity index is 1.71. The number of carbonyl (C=O) groups is 1. The summed E-state index contributed by atoms with van der Waals surface area (Å²) in [5, 5.41) is 2.83. The van der Waals surface area contributed by atoms with Crippen molar-refractivity contribution in [1.82, 2.24) is 5.32 Å². The molecule has 0 atom stereocenters. The van der Waals surface area contributed by atoms with E-state index in [1.807, 2.05) is 31.2 Å². The van der Waals surface area contributed by atoms with Crippen LogP contribution in [0.5, 0.6) is 0 Å². The van der Waals surface area contributed by atoms with Crippen LogP contribution in [0.2, 0.25) is 0 Å². The third-order valence-corrected chi connectivity index (χ3v) is 5.97. The molecule has 0 spiro atoms. The highest BCUT2D eigenvalue weighted by molar-refractivity contribution is 7.90. The average molecular weight is 339 g/mol. The summed E-state index contributed by atoms with van der Waals surface area (Å²) < 4.78 is 24.3. The van der Waals surface area contributed by atoms with Gasteiger partial charge in [-0.15, -0.1) is 0 Å². The monoisotopic (exact) mass is 339 g/mol. The Hall–Kier alpha value is -1.40. The van der Waals surface area contributed by atoms with E-state index < -0.39 is 9.84 Å². The van der Waals surface area contributed by atoms with Crippen molar-refractivity contribution >= 4 is 15.7 Å². The van der Waals surface area contributed by atoms with Gasteiger partial charge in [0.25, 0.3) is 0 Å². The SMILES string of the molecule is Cc1ccccc1CS(=O)(=O)CCC(=O)NCC[NH+]1CCCC1. The zero-order valence-corrected chi connectivity index (χ0v) is 14.6. The molecular formula is C17H27N2O3S+. The van der Waals surface area contributed by atoms with Crippen LogP contribution in [0.3, 0.4) is 0 Å². The average Bonchev–Trinajstić information content (AvgIpc) is 3.01. The quantitative estimate of drug-likeness (QED) is 0.706. The highest BCUT2D eigenvalue weighted by Gasteiger charge is 2.17. The number of aryl methyl sites for hydroxylation is 1. The lowest BCUT2D eigenvalue weighted by molar-refractivity contribution is -0.886. The third-order valence-electron chi connectivity index (χ3n) is 4.39. The first-order valence-corrected chi connectivity index (χ1v) is 10.1. The van der Waals surface area contributed by atoms with Crippen LogP contribution >= 0.6 is 0 Å². The molecule has 1 aliphatic heterocycles.